The van der Waals surface area contributed by atoms with E-state index >= 15 is 0 Å². The molecule has 0 radical (unpaired) electrons. The van der Waals surface area contributed by atoms with E-state index in [-0.39, 0.29) is 24.2 Å². The van der Waals surface area contributed by atoms with Crippen molar-refractivity contribution in [2.75, 3.05) is 0 Å². The lowest BCUT2D eigenvalue weighted by atomic mass is 10.2. The second-order valence-electron chi connectivity index (χ2n) is 2.49. The lowest BCUT2D eigenvalue weighted by molar-refractivity contribution is 0.620. The molecule has 0 aromatic heterocycles. The van der Waals surface area contributed by atoms with Gasteiger partial charge in [0.2, 0.25) is 0 Å². The Hall–Kier alpha value is -0.810. The minimum atomic E-state index is -0.298. The van der Waals surface area contributed by atoms with E-state index in [9.17, 15) is 4.39 Å². The largest absolute Gasteiger partial charge is 0.370 e. The minimum Gasteiger partial charge on any atom is -0.370 e. The van der Waals surface area contributed by atoms with Crippen LogP contribution in [0, 0.1) is 5.82 Å². The van der Waals surface area contributed by atoms with Gasteiger partial charge in [0, 0.05) is 0 Å². The van der Waals surface area contributed by atoms with Gasteiger partial charge in [-0.2, -0.15) is 0 Å². The van der Waals surface area contributed by atoms with E-state index in [2.05, 4.69) is 20.9 Å². The van der Waals surface area contributed by atoms with E-state index in [1.807, 2.05) is 0 Å². The Morgan fingerprint density at radius 1 is 1.43 bits per heavy atom. The third-order valence-corrected chi connectivity index (χ3v) is 2.04. The zero-order chi connectivity index (χ0) is 9.84. The summed E-state index contributed by atoms with van der Waals surface area (Å²) in [6, 6.07) is 4.63. The second kappa shape index (κ2) is 5.82. The maximum absolute atomic E-state index is 12.8. The van der Waals surface area contributed by atoms with Crippen LogP contribution in [0.2, 0.25) is 0 Å². The molecule has 0 amide bonds. The summed E-state index contributed by atoms with van der Waals surface area (Å²) in [5.74, 6) is -0.270. The van der Waals surface area contributed by atoms with E-state index in [4.69, 9.17) is 11.5 Å². The maximum Gasteiger partial charge on any atom is 0.186 e. The zero-order valence-corrected chi connectivity index (χ0v) is 9.61. The molecule has 78 valence electrons. The quantitative estimate of drug-likeness (QED) is 0.641. The van der Waals surface area contributed by atoms with Gasteiger partial charge in [0.05, 0.1) is 11.0 Å². The molecule has 4 N–H and O–H groups in total. The van der Waals surface area contributed by atoms with Crippen molar-refractivity contribution >= 4 is 34.3 Å². The Balaban J connectivity index is 0.00000169. The summed E-state index contributed by atoms with van der Waals surface area (Å²) in [6.07, 6.45) is 0. The molecule has 0 aliphatic carbocycles. The predicted molar refractivity (Wildman–Crippen MR) is 60.9 cm³/mol. The smallest absolute Gasteiger partial charge is 0.186 e. The fourth-order valence-electron chi connectivity index (χ4n) is 0.821. The maximum atomic E-state index is 12.8. The van der Waals surface area contributed by atoms with Crippen LogP contribution in [-0.2, 0) is 6.54 Å². The fourth-order valence-corrected chi connectivity index (χ4v) is 1.25. The molecule has 3 nitrogen and oxygen atoms in total. The van der Waals surface area contributed by atoms with Gasteiger partial charge in [0.15, 0.2) is 5.96 Å². The van der Waals surface area contributed by atoms with Crippen LogP contribution < -0.4 is 11.5 Å². The summed E-state index contributed by atoms with van der Waals surface area (Å²) >= 11 is 3.07. The molecule has 0 saturated carbocycles. The van der Waals surface area contributed by atoms with Gasteiger partial charge in [-0.1, -0.05) is 6.07 Å². The molecule has 0 aliphatic rings. The summed E-state index contributed by atoms with van der Waals surface area (Å²) in [6.45, 7) is 0.362. The number of nitrogens with two attached hydrogens (primary N) is 2. The van der Waals surface area contributed by atoms with Gasteiger partial charge in [-0.25, -0.2) is 9.38 Å². The van der Waals surface area contributed by atoms with Crippen LogP contribution in [0.15, 0.2) is 27.7 Å². The van der Waals surface area contributed by atoms with Crippen molar-refractivity contribution in [2.24, 2.45) is 16.5 Å². The molecule has 1 aromatic rings. The average Bonchev–Trinajstić information content (AvgIpc) is 2.07. The van der Waals surface area contributed by atoms with Crippen LogP contribution in [0.3, 0.4) is 0 Å². The molecule has 0 heterocycles. The fraction of sp³-hybridized carbons (Fsp3) is 0.125. The van der Waals surface area contributed by atoms with Crippen molar-refractivity contribution in [3.05, 3.63) is 34.1 Å². The molecule has 14 heavy (non-hydrogen) atoms. The lowest BCUT2D eigenvalue weighted by Crippen LogP contribution is -2.22. The molecule has 0 aliphatic heterocycles. The van der Waals surface area contributed by atoms with E-state index in [1.54, 1.807) is 12.1 Å². The summed E-state index contributed by atoms with van der Waals surface area (Å²) in [5.41, 5.74) is 11.1. The molecule has 0 atom stereocenters. The van der Waals surface area contributed by atoms with E-state index in [0.29, 0.717) is 11.0 Å². The number of halogens is 3. The molecule has 1 aromatic carbocycles. The standard InChI is InChI=1S/C8H9BrFN3.ClH/c9-6-3-5(1-2-7(6)10)4-13-8(11)12;/h1-3H,4H2,(H4,11,12,13);1H. The number of aliphatic imine (C=N–C) groups is 1. The van der Waals surface area contributed by atoms with Gasteiger partial charge in [-0.15, -0.1) is 12.4 Å². The van der Waals surface area contributed by atoms with Gasteiger partial charge < -0.3 is 11.5 Å². The summed E-state index contributed by atoms with van der Waals surface area (Å²) in [4.78, 5) is 3.79. The van der Waals surface area contributed by atoms with Gasteiger partial charge in [-0.05, 0) is 33.6 Å². The highest BCUT2D eigenvalue weighted by molar-refractivity contribution is 9.10. The third kappa shape index (κ3) is 3.93. The number of rotatable bonds is 2. The summed E-state index contributed by atoms with van der Waals surface area (Å²) in [5, 5.41) is 0. The Labute approximate surface area is 95.9 Å². The first-order valence-corrected chi connectivity index (χ1v) is 4.38. The van der Waals surface area contributed by atoms with Gasteiger partial charge in [-0.3, -0.25) is 0 Å². The predicted octanol–water partition coefficient (Wildman–Crippen LogP) is 1.78. The average molecular weight is 283 g/mol. The highest BCUT2D eigenvalue weighted by atomic mass is 79.9. The molecule has 6 heteroatoms. The van der Waals surface area contributed by atoms with Gasteiger partial charge >= 0.3 is 0 Å². The Kier molecular flexibility index (Phi) is 5.49. The topological polar surface area (TPSA) is 64.4 Å². The van der Waals surface area contributed by atoms with Crippen LogP contribution in [0.4, 0.5) is 4.39 Å². The van der Waals surface area contributed by atoms with Crippen LogP contribution in [-0.4, -0.2) is 5.96 Å². The SMILES string of the molecule is Cl.NC(N)=NCc1ccc(F)c(Br)c1. The number of hydrogen-bond acceptors (Lipinski definition) is 1. The third-order valence-electron chi connectivity index (χ3n) is 1.43. The molecular formula is C8H10BrClFN3. The Morgan fingerprint density at radius 2 is 2.07 bits per heavy atom. The van der Waals surface area contributed by atoms with E-state index in [1.165, 1.54) is 6.07 Å². The second-order valence-corrected chi connectivity index (χ2v) is 3.34. The highest BCUT2D eigenvalue weighted by Crippen LogP contribution is 2.17. The Bertz CT molecular complexity index is 339. The minimum absolute atomic E-state index is 0. The van der Waals surface area contributed by atoms with Crippen molar-refractivity contribution in [1.29, 1.82) is 0 Å². The lowest BCUT2D eigenvalue weighted by Gasteiger charge is -1.99. The first-order chi connectivity index (χ1) is 6.09. The molecule has 1 rings (SSSR count). The van der Waals surface area contributed by atoms with Crippen molar-refractivity contribution in [3.8, 4) is 0 Å². The first-order valence-electron chi connectivity index (χ1n) is 3.59. The van der Waals surface area contributed by atoms with Crippen LogP contribution in [0.5, 0.6) is 0 Å². The highest BCUT2D eigenvalue weighted by Gasteiger charge is 1.99. The number of guanidine groups is 1. The monoisotopic (exact) mass is 281 g/mol. The molecule has 0 bridgehead atoms. The summed E-state index contributed by atoms with van der Waals surface area (Å²) < 4.78 is 13.2. The normalized spacial score (nSPS) is 9.00. The molecular weight excluding hydrogens is 272 g/mol. The number of benzene rings is 1. The van der Waals surface area contributed by atoms with Crippen molar-refractivity contribution in [2.45, 2.75) is 6.54 Å². The van der Waals surface area contributed by atoms with Crippen LogP contribution in [0.1, 0.15) is 5.56 Å². The first kappa shape index (κ1) is 13.2. The Morgan fingerprint density at radius 3 is 2.57 bits per heavy atom. The van der Waals surface area contributed by atoms with E-state index in [0.717, 1.165) is 5.56 Å². The van der Waals surface area contributed by atoms with Crippen LogP contribution in [0.25, 0.3) is 0 Å². The van der Waals surface area contributed by atoms with Crippen molar-refractivity contribution < 1.29 is 4.39 Å². The van der Waals surface area contributed by atoms with Crippen LogP contribution >= 0.6 is 28.3 Å². The number of hydrogen-bond donors (Lipinski definition) is 2. The van der Waals surface area contributed by atoms with Crippen molar-refractivity contribution in [1.82, 2.24) is 0 Å². The zero-order valence-electron chi connectivity index (χ0n) is 7.21. The van der Waals surface area contributed by atoms with Crippen molar-refractivity contribution in [3.63, 3.8) is 0 Å². The molecule has 0 fully saturated rings. The molecule has 0 spiro atoms. The van der Waals surface area contributed by atoms with Gasteiger partial charge in [0.1, 0.15) is 5.82 Å². The summed E-state index contributed by atoms with van der Waals surface area (Å²) in [7, 11) is 0. The van der Waals surface area contributed by atoms with Gasteiger partial charge in [0.25, 0.3) is 0 Å². The molecule has 0 saturated heterocycles. The van der Waals surface area contributed by atoms with E-state index < -0.39 is 0 Å². The number of nitrogens with zero attached hydrogens (tertiary/aromatic N) is 1. The molecule has 0 unspecified atom stereocenters.